The largest absolute Gasteiger partial charge is 0.346 e. The summed E-state index contributed by atoms with van der Waals surface area (Å²) in [6.45, 7) is 0.718. The highest BCUT2D eigenvalue weighted by Gasteiger charge is 2.42. The molecule has 0 spiro atoms. The van der Waals surface area contributed by atoms with E-state index in [9.17, 15) is 17.6 Å². The van der Waals surface area contributed by atoms with Gasteiger partial charge in [0.15, 0.2) is 0 Å². The van der Waals surface area contributed by atoms with E-state index in [1.807, 2.05) is 0 Å². The van der Waals surface area contributed by atoms with Crippen molar-refractivity contribution in [2.75, 3.05) is 19.3 Å². The molecule has 3 rings (SSSR count). The van der Waals surface area contributed by atoms with Crippen molar-refractivity contribution < 1.29 is 17.6 Å². The summed E-state index contributed by atoms with van der Waals surface area (Å²) in [5.74, 6) is -0.727. The summed E-state index contributed by atoms with van der Waals surface area (Å²) < 4.78 is 38.0. The van der Waals surface area contributed by atoms with Gasteiger partial charge in [-0.05, 0) is 49.8 Å². The zero-order chi connectivity index (χ0) is 17.4. The van der Waals surface area contributed by atoms with E-state index >= 15 is 0 Å². The van der Waals surface area contributed by atoms with Gasteiger partial charge in [0, 0.05) is 13.1 Å². The molecule has 2 aliphatic rings. The number of carbonyl (C=O) groups is 1. The van der Waals surface area contributed by atoms with Crippen LogP contribution < -0.4 is 5.32 Å². The summed E-state index contributed by atoms with van der Waals surface area (Å²) in [5.41, 5.74) is 0.484. The van der Waals surface area contributed by atoms with E-state index in [1.54, 1.807) is 12.1 Å². The molecule has 7 heteroatoms. The number of benzene rings is 1. The van der Waals surface area contributed by atoms with Crippen LogP contribution in [0, 0.1) is 11.7 Å². The molecule has 2 fully saturated rings. The van der Waals surface area contributed by atoms with Crippen LogP contribution in [0.2, 0.25) is 0 Å². The van der Waals surface area contributed by atoms with E-state index in [4.69, 9.17) is 0 Å². The number of hydrogen-bond donors (Lipinski definition) is 1. The normalized spacial score (nSPS) is 24.2. The Hall–Kier alpha value is -1.47. The average molecular weight is 354 g/mol. The Labute approximate surface area is 142 Å². The van der Waals surface area contributed by atoms with Gasteiger partial charge in [-0.25, -0.2) is 17.1 Å². The van der Waals surface area contributed by atoms with Crippen molar-refractivity contribution >= 4 is 15.9 Å². The summed E-state index contributed by atoms with van der Waals surface area (Å²) >= 11 is 0. The van der Waals surface area contributed by atoms with Gasteiger partial charge in [-0.3, -0.25) is 4.79 Å². The van der Waals surface area contributed by atoms with Crippen LogP contribution >= 0.6 is 0 Å². The van der Waals surface area contributed by atoms with Gasteiger partial charge >= 0.3 is 0 Å². The highest BCUT2D eigenvalue weighted by Crippen LogP contribution is 2.41. The van der Waals surface area contributed by atoms with E-state index in [2.05, 4.69) is 5.32 Å². The third-order valence-electron chi connectivity index (χ3n) is 5.19. The maximum atomic E-state index is 13.2. The fourth-order valence-corrected chi connectivity index (χ4v) is 4.49. The first-order valence-corrected chi connectivity index (χ1v) is 10.2. The monoisotopic (exact) mass is 354 g/mol. The standard InChI is InChI=1S/C17H23FN2O3S/c1-24(22,23)20-11-2-4-13(12-20)16(21)19-17(9-3-10-17)14-5-7-15(18)8-6-14/h5-8,13H,2-4,9-12H2,1H3,(H,19,21)/t13-/m0/s1. The van der Waals surface area contributed by atoms with E-state index in [0.717, 1.165) is 24.8 Å². The second kappa shape index (κ2) is 6.44. The second-order valence-electron chi connectivity index (χ2n) is 6.89. The van der Waals surface area contributed by atoms with E-state index in [1.165, 1.54) is 22.7 Å². The van der Waals surface area contributed by atoms with Crippen molar-refractivity contribution in [2.24, 2.45) is 5.92 Å². The zero-order valence-electron chi connectivity index (χ0n) is 13.8. The molecule has 24 heavy (non-hydrogen) atoms. The molecular weight excluding hydrogens is 331 g/mol. The Morgan fingerprint density at radius 3 is 2.46 bits per heavy atom. The summed E-state index contributed by atoms with van der Waals surface area (Å²) in [4.78, 5) is 12.7. The second-order valence-corrected chi connectivity index (χ2v) is 8.87. The molecule has 1 saturated heterocycles. The van der Waals surface area contributed by atoms with Crippen LogP contribution in [-0.4, -0.2) is 38.0 Å². The predicted octanol–water partition coefficient (Wildman–Crippen LogP) is 1.99. The van der Waals surface area contributed by atoms with Gasteiger partial charge in [-0.15, -0.1) is 0 Å². The summed E-state index contributed by atoms with van der Waals surface area (Å²) in [6.07, 6.45) is 5.23. The molecule has 1 aliphatic heterocycles. The van der Waals surface area contributed by atoms with Crippen LogP contribution in [0.5, 0.6) is 0 Å². The Kier molecular flexibility index (Phi) is 4.66. The molecule has 1 aromatic rings. The van der Waals surface area contributed by atoms with Crippen LogP contribution in [0.3, 0.4) is 0 Å². The number of halogens is 1. The first kappa shape index (κ1) is 17.4. The van der Waals surface area contributed by atoms with Crippen molar-refractivity contribution in [1.82, 2.24) is 9.62 Å². The molecule has 0 radical (unpaired) electrons. The topological polar surface area (TPSA) is 66.5 Å². The minimum atomic E-state index is -3.27. The minimum absolute atomic E-state index is 0.104. The van der Waals surface area contributed by atoms with Gasteiger partial charge in [-0.2, -0.15) is 0 Å². The number of piperidine rings is 1. The van der Waals surface area contributed by atoms with E-state index < -0.39 is 15.6 Å². The molecule has 5 nitrogen and oxygen atoms in total. The Bertz CT molecular complexity index is 714. The van der Waals surface area contributed by atoms with Gasteiger partial charge in [0.1, 0.15) is 5.82 Å². The van der Waals surface area contributed by atoms with Gasteiger partial charge in [-0.1, -0.05) is 12.1 Å². The van der Waals surface area contributed by atoms with E-state index in [-0.39, 0.29) is 24.2 Å². The number of nitrogens with one attached hydrogen (secondary N) is 1. The maximum Gasteiger partial charge on any atom is 0.225 e. The van der Waals surface area contributed by atoms with E-state index in [0.29, 0.717) is 19.4 Å². The Balaban J connectivity index is 1.72. The quantitative estimate of drug-likeness (QED) is 0.899. The lowest BCUT2D eigenvalue weighted by Crippen LogP contribution is -2.54. The summed E-state index contributed by atoms with van der Waals surface area (Å²) in [5, 5.41) is 3.12. The lowest BCUT2D eigenvalue weighted by molar-refractivity contribution is -0.129. The Morgan fingerprint density at radius 2 is 1.92 bits per heavy atom. The summed E-state index contributed by atoms with van der Waals surface area (Å²) in [7, 11) is -3.27. The minimum Gasteiger partial charge on any atom is -0.346 e. The third-order valence-corrected chi connectivity index (χ3v) is 6.46. The first-order chi connectivity index (χ1) is 11.3. The number of amides is 1. The van der Waals surface area contributed by atoms with Crippen molar-refractivity contribution in [3.05, 3.63) is 35.6 Å². The zero-order valence-corrected chi connectivity index (χ0v) is 14.6. The van der Waals surface area contributed by atoms with Gasteiger partial charge in [0.05, 0.1) is 17.7 Å². The van der Waals surface area contributed by atoms with Crippen molar-refractivity contribution in [3.63, 3.8) is 0 Å². The predicted molar refractivity (Wildman–Crippen MR) is 89.2 cm³/mol. The number of carbonyl (C=O) groups excluding carboxylic acids is 1. The number of nitrogens with zero attached hydrogens (tertiary/aromatic N) is 1. The van der Waals surface area contributed by atoms with Crippen LogP contribution in [-0.2, 0) is 20.4 Å². The van der Waals surface area contributed by atoms with Crippen LogP contribution in [0.1, 0.15) is 37.7 Å². The fraction of sp³-hybridized carbons (Fsp3) is 0.588. The molecule has 1 amide bonds. The SMILES string of the molecule is CS(=O)(=O)N1CCC[C@H](C(=O)NC2(c3ccc(F)cc3)CCC2)C1. The van der Waals surface area contributed by atoms with Crippen molar-refractivity contribution in [3.8, 4) is 0 Å². The lowest BCUT2D eigenvalue weighted by atomic mass is 9.71. The molecule has 1 saturated carbocycles. The van der Waals surface area contributed by atoms with Crippen LogP contribution in [0.4, 0.5) is 4.39 Å². The van der Waals surface area contributed by atoms with Gasteiger partial charge in [0.2, 0.25) is 15.9 Å². The van der Waals surface area contributed by atoms with Crippen LogP contribution in [0.25, 0.3) is 0 Å². The highest BCUT2D eigenvalue weighted by molar-refractivity contribution is 7.88. The molecule has 1 atom stereocenters. The molecule has 132 valence electrons. The molecule has 0 unspecified atom stereocenters. The molecule has 0 aromatic heterocycles. The van der Waals surface area contributed by atoms with Gasteiger partial charge < -0.3 is 5.32 Å². The van der Waals surface area contributed by atoms with Gasteiger partial charge in [0.25, 0.3) is 0 Å². The van der Waals surface area contributed by atoms with Crippen LogP contribution in [0.15, 0.2) is 24.3 Å². The van der Waals surface area contributed by atoms with Crippen molar-refractivity contribution in [1.29, 1.82) is 0 Å². The first-order valence-electron chi connectivity index (χ1n) is 8.33. The molecule has 1 N–H and O–H groups in total. The van der Waals surface area contributed by atoms with Crippen molar-refractivity contribution in [2.45, 2.75) is 37.6 Å². The Morgan fingerprint density at radius 1 is 1.25 bits per heavy atom. The average Bonchev–Trinajstić information content (AvgIpc) is 2.51. The highest BCUT2D eigenvalue weighted by atomic mass is 32.2. The lowest BCUT2D eigenvalue weighted by Gasteiger charge is -2.44. The molecule has 1 aromatic carbocycles. The third kappa shape index (κ3) is 3.47. The number of rotatable bonds is 4. The molecule has 1 heterocycles. The molecular formula is C17H23FN2O3S. The fourth-order valence-electron chi connectivity index (χ4n) is 3.58. The summed E-state index contributed by atoms with van der Waals surface area (Å²) in [6, 6.07) is 6.26. The smallest absolute Gasteiger partial charge is 0.225 e. The molecule has 0 bridgehead atoms. The number of sulfonamides is 1. The maximum absolute atomic E-state index is 13.2. The molecule has 1 aliphatic carbocycles. The number of hydrogen-bond acceptors (Lipinski definition) is 3.